The average Bonchev–Trinajstić information content (AvgIpc) is 3.40. The number of rotatable bonds is 39. The van der Waals surface area contributed by atoms with Gasteiger partial charge in [-0.25, -0.2) is 4.79 Å². The lowest BCUT2D eigenvalue weighted by atomic mass is 9.99. The van der Waals surface area contributed by atoms with Crippen molar-refractivity contribution in [3.63, 3.8) is 0 Å². The van der Waals surface area contributed by atoms with Crippen molar-refractivity contribution in [3.8, 4) is 5.75 Å². The first-order valence-corrected chi connectivity index (χ1v) is 28.1. The van der Waals surface area contributed by atoms with Crippen molar-refractivity contribution >= 4 is 88.7 Å². The van der Waals surface area contributed by atoms with Gasteiger partial charge in [0.2, 0.25) is 59.1 Å². The van der Waals surface area contributed by atoms with Gasteiger partial charge in [0.05, 0.1) is 18.9 Å². The molecule has 0 radical (unpaired) electrons. The maximum absolute atomic E-state index is 14.3. The topological polar surface area (TPSA) is 531 Å². The van der Waals surface area contributed by atoms with Gasteiger partial charge >= 0.3 is 5.97 Å². The Morgan fingerprint density at radius 2 is 0.890 bits per heavy atom. The molecular weight excluding hydrogens is 1090 g/mol. The van der Waals surface area contributed by atoms with Crippen molar-refractivity contribution in [2.75, 3.05) is 25.1 Å². The number of carboxylic acid groups (broad SMARTS) is 1. The van der Waals surface area contributed by atoms with Crippen molar-refractivity contribution in [1.82, 2.24) is 42.5 Å². The predicted molar refractivity (Wildman–Crippen MR) is 307 cm³/mol. The van der Waals surface area contributed by atoms with E-state index in [4.69, 9.17) is 40.1 Å². The van der Waals surface area contributed by atoms with E-state index in [-0.39, 0.29) is 94.0 Å². The summed E-state index contributed by atoms with van der Waals surface area (Å²) in [5, 5.41) is 39.7. The number of aromatic hydroxyl groups is 1. The second kappa shape index (κ2) is 37.1. The third-order valence-corrected chi connectivity index (χ3v) is 12.8. The lowest BCUT2D eigenvalue weighted by Gasteiger charge is -2.29. The van der Waals surface area contributed by atoms with Crippen molar-refractivity contribution in [1.29, 1.82) is 0 Å². The zero-order valence-corrected chi connectivity index (χ0v) is 48.5. The molecule has 0 saturated carbocycles. The highest BCUT2D eigenvalue weighted by Gasteiger charge is 2.37. The number of hydrogen-bond donors (Lipinski definition) is 17. The maximum atomic E-state index is 14.3. The molecule has 0 aliphatic carbocycles. The molecule has 0 spiro atoms. The Bertz CT molecular complexity index is 2380. The Balaban J connectivity index is 3.65. The van der Waals surface area contributed by atoms with E-state index in [1.807, 2.05) is 13.8 Å². The van der Waals surface area contributed by atoms with Crippen LogP contribution in [0.3, 0.4) is 0 Å². The summed E-state index contributed by atoms with van der Waals surface area (Å²) in [6, 6.07) is -7.48. The highest BCUT2D eigenvalue weighted by atomic mass is 32.2. The van der Waals surface area contributed by atoms with Crippen LogP contribution in [0.2, 0.25) is 0 Å². The lowest BCUT2D eigenvalue weighted by Crippen LogP contribution is -2.61. The van der Waals surface area contributed by atoms with Gasteiger partial charge in [-0.1, -0.05) is 53.7 Å². The molecule has 10 amide bonds. The highest BCUT2D eigenvalue weighted by molar-refractivity contribution is 7.98. The van der Waals surface area contributed by atoms with Gasteiger partial charge in [0, 0.05) is 19.5 Å². The minimum absolute atomic E-state index is 0.0167. The average molecular weight is 1180 g/mol. The number of guanidine groups is 2. The molecule has 0 aromatic heterocycles. The Hall–Kier alpha value is -7.96. The van der Waals surface area contributed by atoms with Gasteiger partial charge in [0.25, 0.3) is 0 Å². The van der Waals surface area contributed by atoms with Crippen molar-refractivity contribution < 1.29 is 63.0 Å². The molecule has 0 aliphatic heterocycles. The minimum atomic E-state index is -1.88. The molecule has 31 heteroatoms. The number of aliphatic imine (C=N–C) groups is 2. The SMILES string of the molecule is CSCCC(NC(=O)C(NC(=O)C(Cc1ccc(O)cc1)NC(=O)C(CC(C)C)NC(=O)C(CC(N)=O)NC(=O)C(CC(N)=O)NC(=O)C(CCCN=C(N)N)NC(=O)C(CCCN=C(N)N)NC(=O)C(N)CC(C)C)C(C)C)C(=O)O. The number of phenols is 1. The number of hydrogen-bond acceptors (Lipinski definition) is 16. The second-order valence-electron chi connectivity index (χ2n) is 20.8. The molecule has 1 aromatic rings. The molecule has 0 bridgehead atoms. The summed E-state index contributed by atoms with van der Waals surface area (Å²) >= 11 is 1.37. The van der Waals surface area contributed by atoms with Crippen LogP contribution in [-0.4, -0.2) is 167 Å². The number of amides is 10. The number of carboxylic acids is 1. The Labute approximate surface area is 481 Å². The fraction of sp³-hybridized carbons (Fsp3) is 0.627. The van der Waals surface area contributed by atoms with Crippen LogP contribution in [-0.2, 0) is 59.2 Å². The van der Waals surface area contributed by atoms with Crippen molar-refractivity contribution in [3.05, 3.63) is 29.8 Å². The monoisotopic (exact) mass is 1180 g/mol. The van der Waals surface area contributed by atoms with Crippen LogP contribution in [0.15, 0.2) is 34.3 Å². The first kappa shape index (κ1) is 72.1. The fourth-order valence-corrected chi connectivity index (χ4v) is 8.42. The Morgan fingerprint density at radius 1 is 0.500 bits per heavy atom. The van der Waals surface area contributed by atoms with E-state index in [0.717, 1.165) is 0 Å². The van der Waals surface area contributed by atoms with E-state index in [9.17, 15) is 63.0 Å². The molecule has 0 fully saturated rings. The number of aliphatic carboxylic acids is 1. The van der Waals surface area contributed by atoms with Gasteiger partial charge < -0.3 is 92.9 Å². The Kier molecular flexibility index (Phi) is 32.6. The molecule has 24 N–H and O–H groups in total. The number of nitrogens with one attached hydrogen (secondary N) is 8. The van der Waals surface area contributed by atoms with Crippen LogP contribution in [0.1, 0.15) is 105 Å². The number of carbonyl (C=O) groups excluding carboxylic acids is 10. The van der Waals surface area contributed by atoms with Gasteiger partial charge in [-0.2, -0.15) is 11.8 Å². The first-order chi connectivity index (χ1) is 38.3. The van der Waals surface area contributed by atoms with E-state index < -0.39 is 138 Å². The van der Waals surface area contributed by atoms with Gasteiger partial charge in [-0.15, -0.1) is 0 Å². The molecule has 0 aliphatic rings. The Morgan fingerprint density at radius 3 is 1.30 bits per heavy atom. The molecule has 82 heavy (non-hydrogen) atoms. The fourth-order valence-electron chi connectivity index (χ4n) is 7.94. The van der Waals surface area contributed by atoms with Gasteiger partial charge in [-0.05, 0) is 92.4 Å². The summed E-state index contributed by atoms with van der Waals surface area (Å²) in [5.74, 6) is -12.3. The highest BCUT2D eigenvalue weighted by Crippen LogP contribution is 2.15. The summed E-state index contributed by atoms with van der Waals surface area (Å²) < 4.78 is 0. The van der Waals surface area contributed by atoms with Crippen LogP contribution in [0, 0.1) is 17.8 Å². The standard InChI is InChI=1S/C51H87N17O13S/c1-25(2)20-30(52)41(72)61-31(10-8-17-59-50(55)56)42(73)62-32(11-9-18-60-51(57)58)43(74)66-36(23-38(53)70)46(77)67-37(24-39(54)71)45(76)64-34(21-26(3)4)44(75)65-35(22-28-12-14-29(69)15-13-28)47(78)68-40(27(5)6)48(79)63-33(49(80)81)16-19-82-7/h12-15,25-27,30-37,40,69H,8-11,16-24,52H2,1-7H3,(H2,53,70)(H2,54,71)(H,61,72)(H,62,73)(H,63,79)(H,64,76)(H,65,75)(H,66,74)(H,67,77)(H,68,78)(H,80,81)(H4,55,56,59)(H4,57,58,60). The second-order valence-corrected chi connectivity index (χ2v) is 21.7. The van der Waals surface area contributed by atoms with Crippen LogP contribution in [0.25, 0.3) is 0 Å². The maximum Gasteiger partial charge on any atom is 0.326 e. The lowest BCUT2D eigenvalue weighted by molar-refractivity contribution is -0.142. The number of carbonyl (C=O) groups is 11. The number of phenolic OH excluding ortho intramolecular Hbond substituents is 1. The van der Waals surface area contributed by atoms with E-state index in [1.54, 1.807) is 34.0 Å². The van der Waals surface area contributed by atoms with Crippen LogP contribution in [0.5, 0.6) is 5.75 Å². The van der Waals surface area contributed by atoms with Crippen LogP contribution < -0.4 is 82.7 Å². The van der Waals surface area contributed by atoms with E-state index in [1.165, 1.54) is 36.0 Å². The number of benzene rings is 1. The smallest absolute Gasteiger partial charge is 0.326 e. The molecule has 30 nitrogen and oxygen atoms in total. The number of nitrogens with zero attached hydrogens (tertiary/aromatic N) is 2. The summed E-state index contributed by atoms with van der Waals surface area (Å²) in [5.41, 5.74) is 39.4. The quantitative estimate of drug-likeness (QED) is 0.0168. The zero-order chi connectivity index (χ0) is 62.4. The van der Waals surface area contributed by atoms with Crippen molar-refractivity contribution in [2.24, 2.45) is 67.9 Å². The minimum Gasteiger partial charge on any atom is -0.508 e. The van der Waals surface area contributed by atoms with Gasteiger partial charge in [-0.3, -0.25) is 57.9 Å². The molecule has 460 valence electrons. The summed E-state index contributed by atoms with van der Waals surface area (Å²) in [6.45, 7) is 10.3. The summed E-state index contributed by atoms with van der Waals surface area (Å²) in [6.07, 6.45) is 0.0261. The summed E-state index contributed by atoms with van der Waals surface area (Å²) in [4.78, 5) is 156. The molecule has 0 heterocycles. The number of primary amides is 2. The molecule has 0 saturated heterocycles. The largest absolute Gasteiger partial charge is 0.508 e. The zero-order valence-electron chi connectivity index (χ0n) is 47.7. The van der Waals surface area contributed by atoms with E-state index >= 15 is 0 Å². The van der Waals surface area contributed by atoms with Crippen LogP contribution in [0.4, 0.5) is 0 Å². The first-order valence-electron chi connectivity index (χ1n) is 26.7. The number of nitrogens with two attached hydrogens (primary N) is 7. The van der Waals surface area contributed by atoms with Crippen LogP contribution >= 0.6 is 11.8 Å². The normalized spacial score (nSPS) is 14.4. The predicted octanol–water partition coefficient (Wildman–Crippen LogP) is -4.42. The molecule has 9 unspecified atom stereocenters. The van der Waals surface area contributed by atoms with E-state index in [2.05, 4.69) is 52.5 Å². The number of thioether (sulfide) groups is 1. The van der Waals surface area contributed by atoms with E-state index in [0.29, 0.717) is 11.3 Å². The molecule has 9 atom stereocenters. The summed E-state index contributed by atoms with van der Waals surface area (Å²) in [7, 11) is 0. The van der Waals surface area contributed by atoms with Gasteiger partial charge in [0.1, 0.15) is 54.1 Å². The molecule has 1 rings (SSSR count). The third kappa shape index (κ3) is 29.0. The molecular formula is C51H87N17O13S. The van der Waals surface area contributed by atoms with Crippen molar-refractivity contribution in [2.45, 2.75) is 160 Å². The molecule has 1 aromatic carbocycles. The van der Waals surface area contributed by atoms with Gasteiger partial charge in [0.15, 0.2) is 11.9 Å². The third-order valence-electron chi connectivity index (χ3n) is 12.1.